The molecule has 0 aliphatic carbocycles. The molecule has 2 aromatic carbocycles. The molecule has 2 rings (SSSR count). The summed E-state index contributed by atoms with van der Waals surface area (Å²) in [6, 6.07) is 11.5. The van der Waals surface area contributed by atoms with Gasteiger partial charge < -0.3 is 15.2 Å². The number of benzene rings is 2. The largest absolute Gasteiger partial charge is 0.490 e. The van der Waals surface area contributed by atoms with Gasteiger partial charge in [-0.2, -0.15) is 13.2 Å². The van der Waals surface area contributed by atoms with Crippen LogP contribution in [0.1, 0.15) is 12.0 Å². The van der Waals surface area contributed by atoms with Crippen molar-refractivity contribution in [2.45, 2.75) is 12.6 Å². The first kappa shape index (κ1) is 16.2. The molecular formula is C16H16F3NO2. The van der Waals surface area contributed by atoms with E-state index in [2.05, 4.69) is 0 Å². The minimum Gasteiger partial charge on any atom is -0.490 e. The van der Waals surface area contributed by atoms with E-state index >= 15 is 0 Å². The van der Waals surface area contributed by atoms with Crippen LogP contribution in [0.3, 0.4) is 0 Å². The molecule has 0 aliphatic heterocycles. The molecule has 0 heterocycles. The molecule has 2 N–H and O–H groups in total. The molecule has 22 heavy (non-hydrogen) atoms. The van der Waals surface area contributed by atoms with Gasteiger partial charge in [-0.3, -0.25) is 0 Å². The number of halogens is 3. The molecule has 0 bridgehead atoms. The molecule has 0 spiro atoms. The Kier molecular flexibility index (Phi) is 5.27. The summed E-state index contributed by atoms with van der Waals surface area (Å²) in [5, 5.41) is 0. The van der Waals surface area contributed by atoms with Crippen molar-refractivity contribution >= 4 is 0 Å². The van der Waals surface area contributed by atoms with Crippen LogP contribution in [0.25, 0.3) is 0 Å². The van der Waals surface area contributed by atoms with Crippen LogP contribution in [-0.2, 0) is 6.18 Å². The van der Waals surface area contributed by atoms with Crippen LogP contribution in [0.4, 0.5) is 13.2 Å². The fourth-order valence-corrected chi connectivity index (χ4v) is 1.76. The van der Waals surface area contributed by atoms with Crippen LogP contribution >= 0.6 is 0 Å². The lowest BCUT2D eigenvalue weighted by atomic mass is 10.2. The Hall–Kier alpha value is -2.21. The molecule has 118 valence electrons. The zero-order valence-electron chi connectivity index (χ0n) is 11.8. The van der Waals surface area contributed by atoms with Crippen LogP contribution in [0.15, 0.2) is 48.5 Å². The molecule has 2 aromatic rings. The van der Waals surface area contributed by atoms with Gasteiger partial charge in [0, 0.05) is 0 Å². The third-order valence-electron chi connectivity index (χ3n) is 2.86. The van der Waals surface area contributed by atoms with Gasteiger partial charge in [-0.05, 0) is 49.4 Å². The lowest BCUT2D eigenvalue weighted by Gasteiger charge is -2.13. The topological polar surface area (TPSA) is 44.5 Å². The Morgan fingerprint density at radius 2 is 1.55 bits per heavy atom. The fraction of sp³-hybridized carbons (Fsp3) is 0.250. The van der Waals surface area contributed by atoms with Crippen molar-refractivity contribution in [3.63, 3.8) is 0 Å². The van der Waals surface area contributed by atoms with Gasteiger partial charge in [0.1, 0.15) is 5.75 Å². The summed E-state index contributed by atoms with van der Waals surface area (Å²) >= 11 is 0. The molecule has 0 unspecified atom stereocenters. The van der Waals surface area contributed by atoms with Gasteiger partial charge in [0.05, 0.1) is 12.2 Å². The van der Waals surface area contributed by atoms with E-state index in [1.807, 2.05) is 0 Å². The van der Waals surface area contributed by atoms with Gasteiger partial charge >= 0.3 is 6.18 Å². The molecule has 3 nitrogen and oxygen atoms in total. The van der Waals surface area contributed by atoms with Crippen molar-refractivity contribution in [3.05, 3.63) is 54.1 Å². The Balaban J connectivity index is 2.10. The normalized spacial score (nSPS) is 11.3. The number of hydrogen-bond donors (Lipinski definition) is 1. The lowest BCUT2D eigenvalue weighted by molar-refractivity contribution is -0.137. The van der Waals surface area contributed by atoms with E-state index < -0.39 is 11.7 Å². The van der Waals surface area contributed by atoms with Crippen molar-refractivity contribution in [1.82, 2.24) is 0 Å². The second kappa shape index (κ2) is 7.17. The maximum absolute atomic E-state index is 12.5. The minimum atomic E-state index is -4.36. The highest BCUT2D eigenvalue weighted by Crippen LogP contribution is 2.34. The van der Waals surface area contributed by atoms with Crippen molar-refractivity contribution in [2.24, 2.45) is 5.73 Å². The second-order valence-electron chi connectivity index (χ2n) is 4.56. The summed E-state index contributed by atoms with van der Waals surface area (Å²) in [7, 11) is 0. The molecule has 0 atom stereocenters. The fourth-order valence-electron chi connectivity index (χ4n) is 1.76. The number of rotatable bonds is 6. The molecule has 0 saturated carbocycles. The van der Waals surface area contributed by atoms with E-state index in [-0.39, 0.29) is 0 Å². The quantitative estimate of drug-likeness (QED) is 0.812. The maximum atomic E-state index is 12.5. The first-order chi connectivity index (χ1) is 10.5. The van der Waals surface area contributed by atoms with E-state index in [1.165, 1.54) is 12.1 Å². The van der Waals surface area contributed by atoms with E-state index in [9.17, 15) is 13.2 Å². The number of alkyl halides is 3. The van der Waals surface area contributed by atoms with Crippen molar-refractivity contribution in [2.75, 3.05) is 13.2 Å². The maximum Gasteiger partial charge on any atom is 0.416 e. The van der Waals surface area contributed by atoms with Crippen LogP contribution in [0.5, 0.6) is 17.2 Å². The Morgan fingerprint density at radius 1 is 0.909 bits per heavy atom. The predicted molar refractivity (Wildman–Crippen MR) is 77.1 cm³/mol. The number of hydrogen-bond acceptors (Lipinski definition) is 3. The molecule has 0 fully saturated rings. The van der Waals surface area contributed by atoms with Gasteiger partial charge in [0.15, 0.2) is 11.5 Å². The molecule has 0 aromatic heterocycles. The average molecular weight is 311 g/mol. The van der Waals surface area contributed by atoms with E-state index in [0.717, 1.165) is 12.1 Å². The third kappa shape index (κ3) is 4.39. The standard InChI is InChI=1S/C16H16F3NO2/c17-16(18,19)12-6-8-13(9-7-12)22-15-5-2-1-4-14(15)21-11-3-10-20/h1-2,4-9H,3,10-11,20H2. The van der Waals surface area contributed by atoms with Crippen LogP contribution < -0.4 is 15.2 Å². The monoisotopic (exact) mass is 311 g/mol. The van der Waals surface area contributed by atoms with Gasteiger partial charge in [0.2, 0.25) is 0 Å². The van der Waals surface area contributed by atoms with Gasteiger partial charge in [-0.1, -0.05) is 12.1 Å². The molecule has 0 radical (unpaired) electrons. The molecule has 0 aliphatic rings. The summed E-state index contributed by atoms with van der Waals surface area (Å²) < 4.78 is 48.7. The Labute approximate surface area is 126 Å². The van der Waals surface area contributed by atoms with Crippen molar-refractivity contribution in [1.29, 1.82) is 0 Å². The highest BCUT2D eigenvalue weighted by molar-refractivity contribution is 5.43. The van der Waals surface area contributed by atoms with Gasteiger partial charge in [0.25, 0.3) is 0 Å². The highest BCUT2D eigenvalue weighted by atomic mass is 19.4. The zero-order valence-corrected chi connectivity index (χ0v) is 11.8. The third-order valence-corrected chi connectivity index (χ3v) is 2.86. The van der Waals surface area contributed by atoms with Gasteiger partial charge in [-0.25, -0.2) is 0 Å². The summed E-state index contributed by atoms with van der Waals surface area (Å²) in [4.78, 5) is 0. The van der Waals surface area contributed by atoms with E-state index in [0.29, 0.717) is 36.8 Å². The van der Waals surface area contributed by atoms with Crippen LogP contribution in [0.2, 0.25) is 0 Å². The second-order valence-corrected chi connectivity index (χ2v) is 4.56. The molecular weight excluding hydrogens is 295 g/mol. The van der Waals surface area contributed by atoms with Crippen LogP contribution in [-0.4, -0.2) is 13.2 Å². The van der Waals surface area contributed by atoms with Crippen LogP contribution in [0, 0.1) is 0 Å². The zero-order chi connectivity index (χ0) is 16.0. The number of nitrogens with two attached hydrogens (primary N) is 1. The SMILES string of the molecule is NCCCOc1ccccc1Oc1ccc(C(F)(F)F)cc1. The van der Waals surface area contributed by atoms with E-state index in [4.69, 9.17) is 15.2 Å². The summed E-state index contributed by atoms with van der Waals surface area (Å²) in [5.74, 6) is 1.28. The smallest absolute Gasteiger partial charge is 0.416 e. The van der Waals surface area contributed by atoms with Crippen molar-refractivity contribution in [3.8, 4) is 17.2 Å². The summed E-state index contributed by atoms with van der Waals surface area (Å²) in [5.41, 5.74) is 4.68. The molecule has 0 saturated heterocycles. The van der Waals surface area contributed by atoms with Crippen molar-refractivity contribution < 1.29 is 22.6 Å². The average Bonchev–Trinajstić information content (AvgIpc) is 2.49. The molecule has 0 amide bonds. The first-order valence-electron chi connectivity index (χ1n) is 6.77. The summed E-state index contributed by atoms with van der Waals surface area (Å²) in [6.45, 7) is 0.964. The summed E-state index contributed by atoms with van der Waals surface area (Å²) in [6.07, 6.45) is -3.66. The number of para-hydroxylation sites is 2. The molecule has 6 heteroatoms. The highest BCUT2D eigenvalue weighted by Gasteiger charge is 2.30. The first-order valence-corrected chi connectivity index (χ1v) is 6.77. The van der Waals surface area contributed by atoms with Gasteiger partial charge in [-0.15, -0.1) is 0 Å². The number of ether oxygens (including phenoxy) is 2. The predicted octanol–water partition coefficient (Wildman–Crippen LogP) is 4.23. The minimum absolute atomic E-state index is 0.308. The Bertz CT molecular complexity index is 597. The van der Waals surface area contributed by atoms with E-state index in [1.54, 1.807) is 24.3 Å². The lowest BCUT2D eigenvalue weighted by Crippen LogP contribution is -2.06. The Morgan fingerprint density at radius 3 is 2.14 bits per heavy atom.